The van der Waals surface area contributed by atoms with Crippen LogP contribution in [-0.4, -0.2) is 47.6 Å². The van der Waals surface area contributed by atoms with Crippen LogP contribution < -0.4 is 5.32 Å². The van der Waals surface area contributed by atoms with Crippen molar-refractivity contribution < 1.29 is 22.7 Å². The van der Waals surface area contributed by atoms with Crippen molar-refractivity contribution in [1.82, 2.24) is 14.9 Å². The Bertz CT molecular complexity index is 1170. The van der Waals surface area contributed by atoms with Crippen molar-refractivity contribution in [3.63, 3.8) is 0 Å². The number of hydrogen-bond acceptors (Lipinski definition) is 5. The smallest absolute Gasteiger partial charge is 0.434 e. The summed E-state index contributed by atoms with van der Waals surface area (Å²) in [5, 5.41) is 4.15. The van der Waals surface area contributed by atoms with E-state index in [-0.39, 0.29) is 24.4 Å². The number of benzene rings is 1. The number of pyridine rings is 1. The van der Waals surface area contributed by atoms with Crippen LogP contribution in [0.5, 0.6) is 0 Å². The Morgan fingerprint density at radius 2 is 2.09 bits per heavy atom. The molecule has 176 valence electrons. The third-order valence-corrected chi connectivity index (χ3v) is 6.29. The third kappa shape index (κ3) is 4.90. The van der Waals surface area contributed by atoms with Gasteiger partial charge in [-0.2, -0.15) is 13.2 Å². The molecular formula is C22H21Cl2F3N4O2. The fraction of sp³-hybridized carbons (Fsp3) is 0.364. The van der Waals surface area contributed by atoms with Crippen LogP contribution in [0.25, 0.3) is 10.9 Å². The van der Waals surface area contributed by atoms with E-state index < -0.39 is 16.9 Å². The van der Waals surface area contributed by atoms with Gasteiger partial charge in [-0.1, -0.05) is 30.1 Å². The lowest BCUT2D eigenvalue weighted by molar-refractivity contribution is -0.141. The average Bonchev–Trinajstić information content (AvgIpc) is 3.13. The van der Waals surface area contributed by atoms with Crippen molar-refractivity contribution in [2.45, 2.75) is 25.1 Å². The van der Waals surface area contributed by atoms with Crippen LogP contribution in [0.4, 0.5) is 19.0 Å². The highest BCUT2D eigenvalue weighted by Gasteiger charge is 2.36. The first kappa shape index (κ1) is 23.7. The molecule has 0 amide bonds. The number of halogens is 5. The van der Waals surface area contributed by atoms with E-state index in [1.807, 2.05) is 18.2 Å². The van der Waals surface area contributed by atoms with Gasteiger partial charge in [0.25, 0.3) is 6.47 Å². The van der Waals surface area contributed by atoms with Gasteiger partial charge in [0.1, 0.15) is 12.4 Å². The molecule has 0 spiro atoms. The largest absolute Gasteiger partial charge is 0.466 e. The molecule has 0 aliphatic carbocycles. The molecule has 3 heterocycles. The zero-order valence-electron chi connectivity index (χ0n) is 17.5. The van der Waals surface area contributed by atoms with Gasteiger partial charge in [0.2, 0.25) is 0 Å². The van der Waals surface area contributed by atoms with E-state index in [1.165, 1.54) is 12.1 Å². The maximum atomic E-state index is 13.1. The van der Waals surface area contributed by atoms with Gasteiger partial charge in [-0.3, -0.25) is 9.69 Å². The second-order valence-corrected chi connectivity index (χ2v) is 8.78. The monoisotopic (exact) mass is 500 g/mol. The summed E-state index contributed by atoms with van der Waals surface area (Å²) in [4.78, 5) is 20.1. The third-order valence-electron chi connectivity index (χ3n) is 5.75. The Hall–Kier alpha value is -2.49. The van der Waals surface area contributed by atoms with Crippen molar-refractivity contribution in [3.8, 4) is 0 Å². The molecule has 2 aromatic heterocycles. The summed E-state index contributed by atoms with van der Waals surface area (Å²) in [5.74, 6) is 0.239. The van der Waals surface area contributed by atoms with Crippen LogP contribution in [0.3, 0.4) is 0 Å². The Kier molecular flexibility index (Phi) is 6.74. The first-order valence-electron chi connectivity index (χ1n) is 10.3. The van der Waals surface area contributed by atoms with E-state index in [0.717, 1.165) is 22.2 Å². The molecule has 4 rings (SSSR count). The van der Waals surface area contributed by atoms with Gasteiger partial charge >= 0.3 is 6.18 Å². The number of nitrogens with one attached hydrogen (secondary N) is 2. The summed E-state index contributed by atoms with van der Waals surface area (Å²) in [6, 6.07) is 7.98. The standard InChI is InChI=1S/C22H21Cl2F3N4O2/c1-12-9-31(7-6-28-18-5-3-15(24)21(30-18)22(25,26)27)17(10-33-11-32)20-19(12)14-8-13(23)2-4-16(14)29-20/h2-5,8,11-12,17,29H,6-7,9-10H2,1H3,(H,28,30). The van der Waals surface area contributed by atoms with E-state index in [9.17, 15) is 18.0 Å². The molecule has 11 heteroatoms. The quantitative estimate of drug-likeness (QED) is 0.411. The molecular weight excluding hydrogens is 480 g/mol. The molecule has 0 radical (unpaired) electrons. The number of anilines is 1. The van der Waals surface area contributed by atoms with Gasteiger partial charge < -0.3 is 15.0 Å². The molecule has 1 aliphatic heterocycles. The van der Waals surface area contributed by atoms with Crippen molar-refractivity contribution >= 4 is 46.4 Å². The fourth-order valence-corrected chi connectivity index (χ4v) is 4.77. The van der Waals surface area contributed by atoms with Crippen molar-refractivity contribution in [2.24, 2.45) is 0 Å². The summed E-state index contributed by atoms with van der Waals surface area (Å²) in [7, 11) is 0. The number of nitrogens with zero attached hydrogens (tertiary/aromatic N) is 2. The second-order valence-electron chi connectivity index (χ2n) is 7.94. The minimum atomic E-state index is -4.64. The number of fused-ring (bicyclic) bond motifs is 3. The molecule has 6 nitrogen and oxygen atoms in total. The normalized spacial score (nSPS) is 18.8. The highest BCUT2D eigenvalue weighted by Crippen LogP contribution is 2.41. The first-order valence-corrected chi connectivity index (χ1v) is 11.0. The molecule has 2 atom stereocenters. The molecule has 3 aromatic rings. The number of hydrogen-bond donors (Lipinski definition) is 2. The number of aromatic nitrogens is 2. The maximum absolute atomic E-state index is 13.1. The highest BCUT2D eigenvalue weighted by molar-refractivity contribution is 6.31. The summed E-state index contributed by atoms with van der Waals surface area (Å²) >= 11 is 11.8. The van der Waals surface area contributed by atoms with Crippen LogP contribution >= 0.6 is 23.2 Å². The molecule has 0 fully saturated rings. The van der Waals surface area contributed by atoms with Gasteiger partial charge in [0.05, 0.1) is 11.1 Å². The van der Waals surface area contributed by atoms with Gasteiger partial charge in [-0.05, 0) is 41.8 Å². The molecule has 2 unspecified atom stereocenters. The van der Waals surface area contributed by atoms with E-state index in [1.54, 1.807) is 0 Å². The van der Waals surface area contributed by atoms with E-state index in [0.29, 0.717) is 31.1 Å². The van der Waals surface area contributed by atoms with Crippen molar-refractivity contribution in [3.05, 3.63) is 57.3 Å². The molecule has 0 bridgehead atoms. The summed E-state index contributed by atoms with van der Waals surface area (Å²) in [6.07, 6.45) is -4.64. The van der Waals surface area contributed by atoms with E-state index in [4.69, 9.17) is 27.9 Å². The van der Waals surface area contributed by atoms with Crippen LogP contribution in [0, 0.1) is 0 Å². The molecule has 1 aliphatic rings. The number of rotatable bonds is 7. The Morgan fingerprint density at radius 1 is 1.30 bits per heavy atom. The predicted molar refractivity (Wildman–Crippen MR) is 121 cm³/mol. The maximum Gasteiger partial charge on any atom is 0.434 e. The number of ether oxygens (including phenoxy) is 1. The van der Waals surface area contributed by atoms with E-state index in [2.05, 4.69) is 27.1 Å². The summed E-state index contributed by atoms with van der Waals surface area (Å²) in [5.41, 5.74) is 1.89. The lowest BCUT2D eigenvalue weighted by atomic mass is 9.89. The van der Waals surface area contributed by atoms with E-state index >= 15 is 0 Å². The number of alkyl halides is 3. The minimum Gasteiger partial charge on any atom is -0.466 e. The molecule has 1 aromatic carbocycles. The SMILES string of the molecule is CC1CN(CCNc2ccc(Cl)c(C(F)(F)F)n2)C(COC=O)c2[nH]c3ccc(Cl)cc3c21. The van der Waals surface area contributed by atoms with Crippen LogP contribution in [0.15, 0.2) is 30.3 Å². The van der Waals surface area contributed by atoms with Gasteiger partial charge in [-0.25, -0.2) is 4.98 Å². The highest BCUT2D eigenvalue weighted by atomic mass is 35.5. The number of H-pyrrole nitrogens is 1. The molecule has 0 saturated heterocycles. The van der Waals surface area contributed by atoms with Gasteiger partial charge in [0, 0.05) is 41.3 Å². The van der Waals surface area contributed by atoms with Crippen LogP contribution in [0.1, 0.15) is 35.8 Å². The zero-order chi connectivity index (χ0) is 23.8. The van der Waals surface area contributed by atoms with Crippen LogP contribution in [0.2, 0.25) is 10.0 Å². The van der Waals surface area contributed by atoms with Crippen molar-refractivity contribution in [2.75, 3.05) is 31.6 Å². The zero-order valence-corrected chi connectivity index (χ0v) is 19.1. The predicted octanol–water partition coefficient (Wildman–Crippen LogP) is 5.63. The molecule has 0 saturated carbocycles. The number of carbonyl (C=O) groups excluding carboxylic acids is 1. The topological polar surface area (TPSA) is 70.2 Å². The van der Waals surface area contributed by atoms with Crippen molar-refractivity contribution in [1.29, 1.82) is 0 Å². The van der Waals surface area contributed by atoms with Gasteiger partial charge in [0.15, 0.2) is 5.69 Å². The second kappa shape index (κ2) is 9.40. The summed E-state index contributed by atoms with van der Waals surface area (Å²) < 4.78 is 44.3. The first-order chi connectivity index (χ1) is 15.7. The average molecular weight is 501 g/mol. The molecule has 33 heavy (non-hydrogen) atoms. The summed E-state index contributed by atoms with van der Waals surface area (Å²) in [6.45, 7) is 4.13. The minimum absolute atomic E-state index is 0.0819. The Morgan fingerprint density at radius 3 is 2.82 bits per heavy atom. The number of aromatic amines is 1. The Balaban J connectivity index is 1.54. The fourth-order valence-electron chi connectivity index (χ4n) is 4.39. The van der Waals surface area contributed by atoms with Gasteiger partial charge in [-0.15, -0.1) is 0 Å². The lowest BCUT2D eigenvalue weighted by Crippen LogP contribution is -2.41. The Labute approximate surface area is 198 Å². The number of carbonyl (C=O) groups is 1. The lowest BCUT2D eigenvalue weighted by Gasteiger charge is -2.38. The molecule has 2 N–H and O–H groups in total. The van der Waals surface area contributed by atoms with Crippen LogP contribution in [-0.2, 0) is 15.7 Å².